The maximum atomic E-state index is 13.8. The number of fused-ring (bicyclic) bond motifs is 1. The molecule has 6 heteroatoms. The molecule has 0 amide bonds. The number of ether oxygens (including phenoxy) is 2. The van der Waals surface area contributed by atoms with Crippen LogP contribution in [0.5, 0.6) is 17.2 Å². The predicted octanol–water partition coefficient (Wildman–Crippen LogP) is 2.02. The van der Waals surface area contributed by atoms with Gasteiger partial charge in [-0.3, -0.25) is 0 Å². The molecule has 0 saturated heterocycles. The minimum atomic E-state index is -0.911. The van der Waals surface area contributed by atoms with Gasteiger partial charge in [-0.25, -0.2) is 9.18 Å². The smallest absolute Gasteiger partial charge is 0.235 e. The number of hydrogen-bond acceptors (Lipinski definition) is 5. The summed E-state index contributed by atoms with van der Waals surface area (Å²) in [6.07, 6.45) is 3.25. The van der Waals surface area contributed by atoms with Crippen LogP contribution in [0.15, 0.2) is 11.1 Å². The van der Waals surface area contributed by atoms with E-state index >= 15 is 0 Å². The highest BCUT2D eigenvalue weighted by Crippen LogP contribution is 2.58. The fourth-order valence-corrected chi connectivity index (χ4v) is 2.32. The number of nitrogens with zero attached hydrogens (tertiary/aromatic N) is 1. The van der Waals surface area contributed by atoms with Crippen LogP contribution in [0.25, 0.3) is 0 Å². The first-order valence-corrected chi connectivity index (χ1v) is 6.08. The Morgan fingerprint density at radius 2 is 2.11 bits per heavy atom. The predicted molar refractivity (Wildman–Crippen MR) is 62.7 cm³/mol. The Morgan fingerprint density at radius 3 is 2.79 bits per heavy atom. The van der Waals surface area contributed by atoms with Crippen molar-refractivity contribution < 1.29 is 23.8 Å². The highest BCUT2D eigenvalue weighted by atomic mass is 19.1. The van der Waals surface area contributed by atoms with E-state index in [0.717, 1.165) is 6.07 Å². The number of hydrogen-bond donors (Lipinski definition) is 1. The van der Waals surface area contributed by atoms with Gasteiger partial charge in [-0.05, 0) is 12.8 Å². The Hall–Kier alpha value is -2.07. The second kappa shape index (κ2) is 4.24. The van der Waals surface area contributed by atoms with Crippen LogP contribution in [0.3, 0.4) is 0 Å². The fourth-order valence-electron chi connectivity index (χ4n) is 2.32. The Labute approximate surface area is 108 Å². The monoisotopic (exact) mass is 265 g/mol. The molecular weight excluding hydrogens is 253 g/mol. The minimum Gasteiger partial charge on any atom is -0.504 e. The van der Waals surface area contributed by atoms with Crippen molar-refractivity contribution in [3.63, 3.8) is 0 Å². The van der Waals surface area contributed by atoms with Crippen LogP contribution in [0.4, 0.5) is 4.39 Å². The lowest BCUT2D eigenvalue weighted by Crippen LogP contribution is -2.08. The third-order valence-electron chi connectivity index (χ3n) is 3.41. The normalized spacial score (nSPS) is 19.2. The number of benzene rings is 1. The number of phenols is 1. The van der Waals surface area contributed by atoms with Crippen molar-refractivity contribution in [3.05, 3.63) is 17.4 Å². The first-order valence-electron chi connectivity index (χ1n) is 6.08. The molecule has 2 aliphatic rings. The van der Waals surface area contributed by atoms with E-state index in [0.29, 0.717) is 32.5 Å². The van der Waals surface area contributed by atoms with E-state index in [1.54, 1.807) is 0 Å². The zero-order valence-corrected chi connectivity index (χ0v) is 10.1. The second-order valence-electron chi connectivity index (χ2n) is 4.69. The van der Waals surface area contributed by atoms with Crippen LogP contribution in [0, 0.1) is 5.82 Å². The molecule has 5 nitrogen and oxygen atoms in total. The number of phenolic OH excluding ortho intramolecular Hbond substituents is 1. The van der Waals surface area contributed by atoms with Crippen LogP contribution < -0.4 is 9.47 Å². The summed E-state index contributed by atoms with van der Waals surface area (Å²) in [5.41, 5.74) is -0.709. The summed E-state index contributed by atoms with van der Waals surface area (Å²) in [6, 6.07) is 1.10. The molecule has 0 spiro atoms. The van der Waals surface area contributed by atoms with Crippen molar-refractivity contribution in [2.24, 2.45) is 4.99 Å². The quantitative estimate of drug-likeness (QED) is 0.656. The molecule has 0 aromatic heterocycles. The van der Waals surface area contributed by atoms with Gasteiger partial charge < -0.3 is 14.6 Å². The molecule has 0 atom stereocenters. The molecule has 1 fully saturated rings. The summed E-state index contributed by atoms with van der Waals surface area (Å²) < 4.78 is 24.7. The lowest BCUT2D eigenvalue weighted by molar-refractivity contribution is 0.295. The van der Waals surface area contributed by atoms with E-state index in [-0.39, 0.29) is 17.1 Å². The maximum absolute atomic E-state index is 13.8. The first kappa shape index (κ1) is 12.0. The highest BCUT2D eigenvalue weighted by Gasteiger charge is 2.50. The van der Waals surface area contributed by atoms with Gasteiger partial charge in [0.2, 0.25) is 6.08 Å². The van der Waals surface area contributed by atoms with Crippen LogP contribution in [-0.4, -0.2) is 24.4 Å². The van der Waals surface area contributed by atoms with Crippen molar-refractivity contribution >= 4 is 6.08 Å². The van der Waals surface area contributed by atoms with Gasteiger partial charge in [-0.15, -0.1) is 0 Å². The molecule has 1 aliphatic heterocycles. The molecule has 0 bridgehead atoms. The summed E-state index contributed by atoms with van der Waals surface area (Å²) >= 11 is 0. The van der Waals surface area contributed by atoms with Crippen LogP contribution >= 0.6 is 0 Å². The second-order valence-corrected chi connectivity index (χ2v) is 4.69. The zero-order chi connectivity index (χ0) is 13.5. The molecule has 1 aliphatic carbocycles. The maximum Gasteiger partial charge on any atom is 0.235 e. The third-order valence-corrected chi connectivity index (χ3v) is 3.41. The zero-order valence-electron chi connectivity index (χ0n) is 10.1. The van der Waals surface area contributed by atoms with Gasteiger partial charge in [-0.1, -0.05) is 0 Å². The van der Waals surface area contributed by atoms with E-state index in [9.17, 15) is 14.3 Å². The summed E-state index contributed by atoms with van der Waals surface area (Å²) in [4.78, 5) is 14.2. The lowest BCUT2D eigenvalue weighted by atomic mass is 10.0. The first-order chi connectivity index (χ1) is 9.18. The molecule has 0 radical (unpaired) electrons. The topological polar surface area (TPSA) is 68.1 Å². The molecule has 0 unspecified atom stereocenters. The van der Waals surface area contributed by atoms with Gasteiger partial charge in [0.15, 0.2) is 23.1 Å². The fraction of sp³-hybridized carbons (Fsp3) is 0.462. The van der Waals surface area contributed by atoms with Gasteiger partial charge in [-0.2, -0.15) is 4.99 Å². The summed E-state index contributed by atoms with van der Waals surface area (Å²) in [5.74, 6) is -0.796. The number of aliphatic imine (C=N–C) groups is 1. The lowest BCUT2D eigenvalue weighted by Gasteiger charge is -2.18. The molecule has 1 aromatic rings. The summed E-state index contributed by atoms with van der Waals surface area (Å²) in [6.45, 7) is 0.826. The van der Waals surface area contributed by atoms with Gasteiger partial charge in [0.1, 0.15) is 5.54 Å². The molecule has 1 saturated carbocycles. The molecule has 1 aromatic carbocycles. The standard InChI is InChI=1S/C13H12FNO4/c14-8-6-9-12(19-5-1-4-18-9)10(11(8)17)13(2-3-13)15-7-16/h6,17H,1-5H2. The van der Waals surface area contributed by atoms with Crippen molar-refractivity contribution in [2.75, 3.05) is 13.2 Å². The van der Waals surface area contributed by atoms with Gasteiger partial charge in [0.05, 0.1) is 18.8 Å². The van der Waals surface area contributed by atoms with Crippen LogP contribution in [0.2, 0.25) is 0 Å². The number of rotatable bonds is 2. The highest BCUT2D eigenvalue weighted by molar-refractivity contribution is 5.60. The van der Waals surface area contributed by atoms with Crippen LogP contribution in [-0.2, 0) is 10.3 Å². The average Bonchev–Trinajstić information content (AvgIpc) is 3.16. The Morgan fingerprint density at radius 1 is 1.37 bits per heavy atom. The Kier molecular flexibility index (Phi) is 2.68. The SMILES string of the molecule is O=C=NC1(c2c(O)c(F)cc3c2OCCCO3)CC1. The Balaban J connectivity index is 2.22. The number of carbonyl (C=O) groups excluding carboxylic acids is 1. The summed E-state index contributed by atoms with van der Waals surface area (Å²) in [5, 5.41) is 9.95. The third kappa shape index (κ3) is 1.85. The van der Waals surface area contributed by atoms with Crippen LogP contribution in [0.1, 0.15) is 24.8 Å². The molecule has 3 rings (SSSR count). The van der Waals surface area contributed by atoms with E-state index in [4.69, 9.17) is 9.47 Å². The summed E-state index contributed by atoms with van der Waals surface area (Å²) in [7, 11) is 0. The van der Waals surface area contributed by atoms with E-state index in [1.165, 1.54) is 6.08 Å². The van der Waals surface area contributed by atoms with E-state index < -0.39 is 17.1 Å². The minimum absolute atomic E-state index is 0.202. The van der Waals surface area contributed by atoms with Gasteiger partial charge in [0.25, 0.3) is 0 Å². The molecule has 100 valence electrons. The molecule has 19 heavy (non-hydrogen) atoms. The molecule has 1 N–H and O–H groups in total. The average molecular weight is 265 g/mol. The number of aromatic hydroxyl groups is 1. The van der Waals surface area contributed by atoms with Crippen molar-refractivity contribution in [1.29, 1.82) is 0 Å². The van der Waals surface area contributed by atoms with Crippen molar-refractivity contribution in [3.8, 4) is 17.2 Å². The number of halogens is 1. The molecule has 1 heterocycles. The largest absolute Gasteiger partial charge is 0.504 e. The van der Waals surface area contributed by atoms with Gasteiger partial charge >= 0.3 is 0 Å². The van der Waals surface area contributed by atoms with Crippen molar-refractivity contribution in [1.82, 2.24) is 0 Å². The van der Waals surface area contributed by atoms with Crippen molar-refractivity contribution in [2.45, 2.75) is 24.8 Å². The molecular formula is C13H12FNO4. The van der Waals surface area contributed by atoms with E-state index in [1.807, 2.05) is 0 Å². The van der Waals surface area contributed by atoms with Gasteiger partial charge in [0, 0.05) is 12.5 Å². The Bertz CT molecular complexity index is 576. The number of isocyanates is 1. The van der Waals surface area contributed by atoms with E-state index in [2.05, 4.69) is 4.99 Å².